The van der Waals surface area contributed by atoms with Crippen LogP contribution < -0.4 is 10.9 Å². The van der Waals surface area contributed by atoms with E-state index >= 15 is 0 Å². The maximum Gasteiger partial charge on any atom is 0.408 e. The third-order valence-electron chi connectivity index (χ3n) is 5.01. The molecule has 4 rings (SSSR count). The molecule has 1 aliphatic rings. The summed E-state index contributed by atoms with van der Waals surface area (Å²) in [5.41, 5.74) is 1.15. The van der Waals surface area contributed by atoms with E-state index in [-0.39, 0.29) is 11.5 Å². The summed E-state index contributed by atoms with van der Waals surface area (Å²) in [4.78, 5) is 35.2. The molecule has 1 fully saturated rings. The molecule has 0 spiro atoms. The molecule has 31 heavy (non-hydrogen) atoms. The number of amides is 1. The Bertz CT molecular complexity index is 1210. The number of carbonyl (C=O) groups is 1. The van der Waals surface area contributed by atoms with Crippen LogP contribution in [0.3, 0.4) is 0 Å². The van der Waals surface area contributed by atoms with Gasteiger partial charge in [-0.1, -0.05) is 17.7 Å². The summed E-state index contributed by atoms with van der Waals surface area (Å²) in [6, 6.07) is 7.00. The molecule has 0 saturated heterocycles. The van der Waals surface area contributed by atoms with E-state index in [1.807, 2.05) is 33.8 Å². The van der Waals surface area contributed by atoms with Gasteiger partial charge in [-0.3, -0.25) is 14.3 Å². The number of nitrogens with one attached hydrogen (secondary N) is 1. The molecular formula is C23H25ClN4O3. The van der Waals surface area contributed by atoms with Gasteiger partial charge in [-0.05, 0) is 64.3 Å². The van der Waals surface area contributed by atoms with Crippen LogP contribution in [0.4, 0.5) is 4.79 Å². The smallest absolute Gasteiger partial charge is 0.408 e. The van der Waals surface area contributed by atoms with E-state index < -0.39 is 17.7 Å². The molecule has 0 radical (unpaired) electrons. The minimum atomic E-state index is -0.668. The molecule has 0 aliphatic heterocycles. The third-order valence-corrected chi connectivity index (χ3v) is 5.32. The second-order valence-corrected chi connectivity index (χ2v) is 9.41. The number of aromatic nitrogens is 3. The van der Waals surface area contributed by atoms with Crippen LogP contribution in [-0.2, 0) is 4.74 Å². The molecule has 1 saturated carbocycles. The lowest BCUT2D eigenvalue weighted by Gasteiger charge is -2.25. The number of nitrogens with zero attached hydrogens (tertiary/aromatic N) is 3. The number of carbonyl (C=O) groups excluding carboxylic acids is 1. The van der Waals surface area contributed by atoms with Crippen molar-refractivity contribution in [3.05, 3.63) is 63.4 Å². The second-order valence-electron chi connectivity index (χ2n) is 9.00. The number of fused-ring (bicyclic) bond motifs is 1. The van der Waals surface area contributed by atoms with Crippen molar-refractivity contribution in [1.82, 2.24) is 19.9 Å². The van der Waals surface area contributed by atoms with Crippen molar-refractivity contribution in [2.75, 3.05) is 0 Å². The Hall–Kier alpha value is -2.93. The first-order valence-electron chi connectivity index (χ1n) is 10.3. The van der Waals surface area contributed by atoms with Gasteiger partial charge in [0.05, 0.1) is 27.8 Å². The Labute approximate surface area is 185 Å². The van der Waals surface area contributed by atoms with E-state index in [4.69, 9.17) is 21.3 Å². The van der Waals surface area contributed by atoms with Gasteiger partial charge in [0, 0.05) is 17.7 Å². The third kappa shape index (κ3) is 4.56. The van der Waals surface area contributed by atoms with Crippen molar-refractivity contribution >= 4 is 28.6 Å². The van der Waals surface area contributed by atoms with Crippen molar-refractivity contribution in [2.24, 2.45) is 5.92 Å². The number of halogens is 1. The summed E-state index contributed by atoms with van der Waals surface area (Å²) in [6.07, 6.45) is 3.88. The average Bonchev–Trinajstić information content (AvgIpc) is 3.49. The standard InChI is InChI=1S/C23H25ClN4O3/c1-13-10-15(12-25-11-13)28-20(26-17-7-5-6-16(24)18(17)21(28)29)19(14-8-9-14)31-22(30)27-23(2,3)4/h5-7,10-12,14,19H,8-9H2,1-4H3,(H,27,30)/t19-/m0/s1. The van der Waals surface area contributed by atoms with Crippen LogP contribution >= 0.6 is 11.6 Å². The predicted molar refractivity (Wildman–Crippen MR) is 120 cm³/mol. The highest BCUT2D eigenvalue weighted by Gasteiger charge is 2.39. The highest BCUT2D eigenvalue weighted by atomic mass is 35.5. The topological polar surface area (TPSA) is 86.1 Å². The highest BCUT2D eigenvalue weighted by Crippen LogP contribution is 2.43. The van der Waals surface area contributed by atoms with Crippen LogP contribution in [0, 0.1) is 12.8 Å². The first kappa shape index (κ1) is 21.3. The quantitative estimate of drug-likeness (QED) is 0.634. The fourth-order valence-corrected chi connectivity index (χ4v) is 3.77. The van der Waals surface area contributed by atoms with Crippen LogP contribution in [0.5, 0.6) is 0 Å². The Morgan fingerprint density at radius 1 is 1.29 bits per heavy atom. The molecular weight excluding hydrogens is 416 g/mol. The second kappa shape index (κ2) is 7.96. The van der Waals surface area contributed by atoms with Crippen LogP contribution in [0.25, 0.3) is 16.6 Å². The Kier molecular flexibility index (Phi) is 5.47. The summed E-state index contributed by atoms with van der Waals surface area (Å²) in [5, 5.41) is 3.47. The first-order chi connectivity index (χ1) is 14.6. The summed E-state index contributed by atoms with van der Waals surface area (Å²) in [5.74, 6) is 0.469. The molecule has 1 N–H and O–H groups in total. The maximum atomic E-state index is 13.6. The van der Waals surface area contributed by atoms with Crippen molar-refractivity contribution in [2.45, 2.75) is 52.2 Å². The summed E-state index contributed by atoms with van der Waals surface area (Å²) in [6.45, 7) is 7.54. The van der Waals surface area contributed by atoms with E-state index in [1.165, 1.54) is 4.57 Å². The zero-order valence-corrected chi connectivity index (χ0v) is 18.7. The van der Waals surface area contributed by atoms with Gasteiger partial charge in [0.15, 0.2) is 11.9 Å². The van der Waals surface area contributed by atoms with Gasteiger partial charge in [-0.25, -0.2) is 9.78 Å². The van der Waals surface area contributed by atoms with Gasteiger partial charge in [-0.2, -0.15) is 0 Å². The normalized spacial score (nSPS) is 15.0. The summed E-state index contributed by atoms with van der Waals surface area (Å²) in [7, 11) is 0. The number of rotatable bonds is 4. The minimum absolute atomic E-state index is 0.0956. The molecule has 162 valence electrons. The number of benzene rings is 1. The van der Waals surface area contributed by atoms with Gasteiger partial charge >= 0.3 is 6.09 Å². The number of hydrogen-bond donors (Lipinski definition) is 1. The van der Waals surface area contributed by atoms with Crippen molar-refractivity contribution in [1.29, 1.82) is 0 Å². The van der Waals surface area contributed by atoms with Crippen molar-refractivity contribution in [3.8, 4) is 5.69 Å². The van der Waals surface area contributed by atoms with Crippen LogP contribution in [0.15, 0.2) is 41.5 Å². The predicted octanol–water partition coefficient (Wildman–Crippen LogP) is 4.72. The Morgan fingerprint density at radius 3 is 2.68 bits per heavy atom. The molecule has 1 aromatic carbocycles. The van der Waals surface area contributed by atoms with Gasteiger partial charge in [0.25, 0.3) is 5.56 Å². The number of hydrogen-bond acceptors (Lipinski definition) is 5. The monoisotopic (exact) mass is 440 g/mol. The molecule has 0 bridgehead atoms. The van der Waals surface area contributed by atoms with Crippen LogP contribution in [0.2, 0.25) is 5.02 Å². The van der Waals surface area contributed by atoms with Crippen LogP contribution in [-0.4, -0.2) is 26.2 Å². The fraction of sp³-hybridized carbons (Fsp3) is 0.391. The fourth-order valence-electron chi connectivity index (χ4n) is 3.52. The zero-order chi connectivity index (χ0) is 22.3. The molecule has 2 heterocycles. The van der Waals surface area contributed by atoms with E-state index in [1.54, 1.807) is 30.6 Å². The number of aryl methyl sites for hydroxylation is 1. The molecule has 1 amide bonds. The Balaban J connectivity index is 1.92. The highest BCUT2D eigenvalue weighted by molar-refractivity contribution is 6.35. The van der Waals surface area contributed by atoms with Gasteiger partial charge in [-0.15, -0.1) is 0 Å². The van der Waals surface area contributed by atoms with Gasteiger partial charge in [0.2, 0.25) is 0 Å². The molecule has 0 unspecified atom stereocenters. The molecule has 2 aromatic heterocycles. The van der Waals surface area contributed by atoms with E-state index in [0.29, 0.717) is 27.4 Å². The Morgan fingerprint density at radius 2 is 2.03 bits per heavy atom. The van der Waals surface area contributed by atoms with E-state index in [9.17, 15) is 9.59 Å². The lowest BCUT2D eigenvalue weighted by atomic mass is 10.1. The van der Waals surface area contributed by atoms with Gasteiger partial charge in [0.1, 0.15) is 0 Å². The number of ether oxygens (including phenoxy) is 1. The average molecular weight is 441 g/mol. The number of pyridine rings is 1. The summed E-state index contributed by atoms with van der Waals surface area (Å²) >= 11 is 6.35. The van der Waals surface area contributed by atoms with Crippen LogP contribution in [0.1, 0.15) is 51.1 Å². The van der Waals surface area contributed by atoms with Crippen molar-refractivity contribution < 1.29 is 9.53 Å². The SMILES string of the molecule is Cc1cncc(-n2c([C@@H](OC(=O)NC(C)(C)C)C3CC3)nc3cccc(Cl)c3c2=O)c1. The molecule has 7 nitrogen and oxygen atoms in total. The maximum absolute atomic E-state index is 13.6. The molecule has 8 heteroatoms. The summed E-state index contributed by atoms with van der Waals surface area (Å²) < 4.78 is 7.31. The lowest BCUT2D eigenvalue weighted by molar-refractivity contribution is 0.0729. The van der Waals surface area contributed by atoms with E-state index in [2.05, 4.69) is 10.3 Å². The first-order valence-corrected chi connectivity index (χ1v) is 10.6. The lowest BCUT2D eigenvalue weighted by Crippen LogP contribution is -2.42. The van der Waals surface area contributed by atoms with Gasteiger partial charge < -0.3 is 10.1 Å². The van der Waals surface area contributed by atoms with Crippen molar-refractivity contribution in [3.63, 3.8) is 0 Å². The largest absolute Gasteiger partial charge is 0.438 e. The molecule has 1 atom stereocenters. The zero-order valence-electron chi connectivity index (χ0n) is 18.0. The number of alkyl carbamates (subject to hydrolysis) is 1. The molecule has 3 aromatic rings. The minimum Gasteiger partial charge on any atom is -0.438 e. The van der Waals surface area contributed by atoms with E-state index in [0.717, 1.165) is 18.4 Å². The molecule has 1 aliphatic carbocycles.